The Morgan fingerprint density at radius 1 is 0.806 bits per heavy atom. The molecule has 6 nitrogen and oxygen atoms in total. The van der Waals surface area contributed by atoms with Gasteiger partial charge in [-0.15, -0.1) is 0 Å². The number of imidazole rings is 2. The Morgan fingerprint density at radius 2 is 1.42 bits per heavy atom. The van der Waals surface area contributed by atoms with E-state index < -0.39 is 0 Å². The van der Waals surface area contributed by atoms with E-state index in [1.54, 1.807) is 11.8 Å². The van der Waals surface area contributed by atoms with Crippen LogP contribution in [-0.2, 0) is 23.6 Å². The molecule has 0 unspecified atom stereocenters. The summed E-state index contributed by atoms with van der Waals surface area (Å²) in [5.41, 5.74) is 10.5. The van der Waals surface area contributed by atoms with Crippen molar-refractivity contribution in [2.75, 3.05) is 0 Å². The third-order valence-corrected chi connectivity index (χ3v) is 6.15. The molecule has 7 heteroatoms. The van der Waals surface area contributed by atoms with Crippen LogP contribution in [0, 0.1) is 0 Å². The minimum absolute atomic E-state index is 0.108. The number of hydrogen-bond donors (Lipinski definition) is 1. The van der Waals surface area contributed by atoms with Gasteiger partial charge in [-0.05, 0) is 29.8 Å². The van der Waals surface area contributed by atoms with Crippen molar-refractivity contribution in [2.24, 2.45) is 5.73 Å². The second kappa shape index (κ2) is 8.28. The zero-order valence-electron chi connectivity index (χ0n) is 16.8. The second-order valence-corrected chi connectivity index (χ2v) is 8.26. The van der Waals surface area contributed by atoms with Crippen LogP contribution >= 0.6 is 11.8 Å². The van der Waals surface area contributed by atoms with E-state index in [0.29, 0.717) is 5.75 Å². The van der Waals surface area contributed by atoms with Crippen LogP contribution in [-0.4, -0.2) is 25.0 Å². The number of thioether (sulfide) groups is 1. The number of carbonyl (C=O) groups excluding carboxylic acids is 1. The van der Waals surface area contributed by atoms with Gasteiger partial charge in [0.2, 0.25) is 5.91 Å². The lowest BCUT2D eigenvalue weighted by molar-refractivity contribution is -0.118. The summed E-state index contributed by atoms with van der Waals surface area (Å²) in [7, 11) is 0. The first-order valence-electron chi connectivity index (χ1n) is 10.0. The molecule has 0 aliphatic rings. The Hall–Kier alpha value is -3.58. The maximum atomic E-state index is 11.7. The van der Waals surface area contributed by atoms with Crippen molar-refractivity contribution < 1.29 is 4.79 Å². The van der Waals surface area contributed by atoms with Gasteiger partial charge in [0.1, 0.15) is 12.4 Å². The van der Waals surface area contributed by atoms with Gasteiger partial charge in [0.15, 0.2) is 5.16 Å². The summed E-state index contributed by atoms with van der Waals surface area (Å²) in [6.07, 6.45) is 0. The quantitative estimate of drug-likeness (QED) is 0.395. The number of hydrogen-bond acceptors (Lipinski definition) is 4. The number of para-hydroxylation sites is 4. The van der Waals surface area contributed by atoms with Crippen LogP contribution in [0.4, 0.5) is 0 Å². The number of nitrogens with zero attached hydrogens (tertiary/aromatic N) is 4. The summed E-state index contributed by atoms with van der Waals surface area (Å²) in [6, 6.07) is 26.3. The van der Waals surface area contributed by atoms with Crippen LogP contribution in [0.5, 0.6) is 0 Å². The number of fused-ring (bicyclic) bond motifs is 2. The van der Waals surface area contributed by atoms with Crippen molar-refractivity contribution in [1.82, 2.24) is 19.1 Å². The molecule has 154 valence electrons. The van der Waals surface area contributed by atoms with E-state index in [1.807, 2.05) is 65.2 Å². The molecule has 2 heterocycles. The monoisotopic (exact) mass is 427 g/mol. The van der Waals surface area contributed by atoms with Gasteiger partial charge < -0.3 is 14.9 Å². The van der Waals surface area contributed by atoms with Gasteiger partial charge >= 0.3 is 0 Å². The summed E-state index contributed by atoms with van der Waals surface area (Å²) >= 11 is 1.62. The van der Waals surface area contributed by atoms with Crippen molar-refractivity contribution in [1.29, 1.82) is 0 Å². The Morgan fingerprint density at radius 3 is 2.13 bits per heavy atom. The Bertz CT molecular complexity index is 1370. The van der Waals surface area contributed by atoms with E-state index in [1.165, 1.54) is 5.56 Å². The van der Waals surface area contributed by atoms with E-state index >= 15 is 0 Å². The molecule has 0 fully saturated rings. The molecule has 1 amide bonds. The van der Waals surface area contributed by atoms with E-state index in [9.17, 15) is 4.79 Å². The van der Waals surface area contributed by atoms with Gasteiger partial charge in [0, 0.05) is 0 Å². The summed E-state index contributed by atoms with van der Waals surface area (Å²) in [6.45, 7) is 0.845. The minimum Gasteiger partial charge on any atom is -0.368 e. The fraction of sp³-hybridized carbons (Fsp3) is 0.125. The highest BCUT2D eigenvalue weighted by molar-refractivity contribution is 7.98. The lowest BCUT2D eigenvalue weighted by Gasteiger charge is -2.10. The molecule has 2 aromatic heterocycles. The zero-order chi connectivity index (χ0) is 21.2. The number of primary amides is 1. The topological polar surface area (TPSA) is 78.7 Å². The molecule has 0 spiro atoms. The van der Waals surface area contributed by atoms with Gasteiger partial charge in [0.05, 0.1) is 34.4 Å². The van der Waals surface area contributed by atoms with Crippen LogP contribution in [0.3, 0.4) is 0 Å². The maximum absolute atomic E-state index is 11.7. The van der Waals surface area contributed by atoms with E-state index in [-0.39, 0.29) is 12.5 Å². The molecule has 2 N–H and O–H groups in total. The fourth-order valence-electron chi connectivity index (χ4n) is 3.78. The number of amides is 1. The van der Waals surface area contributed by atoms with Crippen LogP contribution in [0.2, 0.25) is 0 Å². The largest absolute Gasteiger partial charge is 0.368 e. The van der Waals surface area contributed by atoms with Crippen molar-refractivity contribution in [3.8, 4) is 0 Å². The molecule has 3 aromatic carbocycles. The highest BCUT2D eigenvalue weighted by Gasteiger charge is 2.16. The first kappa shape index (κ1) is 19.4. The minimum atomic E-state index is -0.384. The van der Waals surface area contributed by atoms with Crippen molar-refractivity contribution in [3.63, 3.8) is 0 Å². The molecule has 0 saturated heterocycles. The maximum Gasteiger partial charge on any atom is 0.237 e. The molecule has 0 aliphatic carbocycles. The number of aromatic nitrogens is 4. The van der Waals surface area contributed by atoms with E-state index in [0.717, 1.165) is 39.6 Å². The average molecular weight is 428 g/mol. The molecule has 0 saturated carbocycles. The standard InChI is InChI=1S/C24H21N5OS/c25-22(30)15-28-20-12-6-4-10-18(20)26-23(28)16-31-24-27-19-11-5-7-13-21(19)29(24)14-17-8-2-1-3-9-17/h1-13H,14-16H2,(H2,25,30). The van der Waals surface area contributed by atoms with E-state index in [2.05, 4.69) is 22.8 Å². The summed E-state index contributed by atoms with van der Waals surface area (Å²) in [5.74, 6) is 1.01. The number of carbonyl (C=O) groups is 1. The lowest BCUT2D eigenvalue weighted by Crippen LogP contribution is -2.20. The molecule has 5 aromatic rings. The molecule has 31 heavy (non-hydrogen) atoms. The molecular weight excluding hydrogens is 406 g/mol. The fourth-order valence-corrected chi connectivity index (χ4v) is 4.74. The van der Waals surface area contributed by atoms with Crippen molar-refractivity contribution >= 4 is 39.7 Å². The first-order chi connectivity index (χ1) is 15.2. The lowest BCUT2D eigenvalue weighted by atomic mass is 10.2. The van der Waals surface area contributed by atoms with Crippen molar-refractivity contribution in [2.45, 2.75) is 24.0 Å². The molecule has 0 bridgehead atoms. The summed E-state index contributed by atoms with van der Waals surface area (Å²) < 4.78 is 4.13. The Balaban J connectivity index is 1.50. The third-order valence-electron chi connectivity index (χ3n) is 5.18. The molecule has 0 atom stereocenters. The van der Waals surface area contributed by atoms with Crippen LogP contribution in [0.15, 0.2) is 84.0 Å². The summed E-state index contributed by atoms with van der Waals surface area (Å²) in [4.78, 5) is 21.3. The van der Waals surface area contributed by atoms with Gasteiger partial charge in [0.25, 0.3) is 0 Å². The molecular formula is C24H21N5OS. The molecule has 0 radical (unpaired) electrons. The van der Waals surface area contributed by atoms with Crippen LogP contribution in [0.1, 0.15) is 11.4 Å². The predicted octanol–water partition coefficient (Wildman–Crippen LogP) is 4.21. The highest BCUT2D eigenvalue weighted by atomic mass is 32.2. The highest BCUT2D eigenvalue weighted by Crippen LogP contribution is 2.29. The van der Waals surface area contributed by atoms with Crippen LogP contribution in [0.25, 0.3) is 22.1 Å². The van der Waals surface area contributed by atoms with Crippen LogP contribution < -0.4 is 5.73 Å². The average Bonchev–Trinajstić information content (AvgIpc) is 3.31. The second-order valence-electron chi connectivity index (χ2n) is 7.31. The van der Waals surface area contributed by atoms with Gasteiger partial charge in [-0.25, -0.2) is 9.97 Å². The number of rotatable bonds is 7. The molecule has 5 rings (SSSR count). The Kier molecular flexibility index (Phi) is 5.18. The van der Waals surface area contributed by atoms with E-state index in [4.69, 9.17) is 15.7 Å². The number of nitrogens with two attached hydrogens (primary N) is 1. The van der Waals surface area contributed by atoms with Gasteiger partial charge in [-0.2, -0.15) is 0 Å². The predicted molar refractivity (Wildman–Crippen MR) is 124 cm³/mol. The SMILES string of the molecule is NC(=O)Cn1c(CSc2nc3ccccc3n2Cc2ccccc2)nc2ccccc21. The first-order valence-corrected chi connectivity index (χ1v) is 11.0. The van der Waals surface area contributed by atoms with Gasteiger partial charge in [-0.1, -0.05) is 66.4 Å². The molecule has 0 aliphatic heterocycles. The zero-order valence-corrected chi connectivity index (χ0v) is 17.6. The summed E-state index contributed by atoms with van der Waals surface area (Å²) in [5, 5.41) is 0.919. The smallest absolute Gasteiger partial charge is 0.237 e. The Labute approximate surface area is 183 Å². The third kappa shape index (κ3) is 3.92. The normalized spacial score (nSPS) is 11.4. The van der Waals surface area contributed by atoms with Gasteiger partial charge in [-0.3, -0.25) is 4.79 Å². The van der Waals surface area contributed by atoms with Crippen molar-refractivity contribution in [3.05, 3.63) is 90.3 Å². The number of benzene rings is 3.